The number of rotatable bonds is 6. The fourth-order valence-corrected chi connectivity index (χ4v) is 5.25. The number of fused-ring (bicyclic) bond motifs is 3. The lowest BCUT2D eigenvalue weighted by Gasteiger charge is -2.38. The van der Waals surface area contributed by atoms with Crippen LogP contribution in [0.1, 0.15) is 52.3 Å². The molecule has 1 amide bonds. The van der Waals surface area contributed by atoms with Crippen molar-refractivity contribution in [3.05, 3.63) is 18.0 Å². The van der Waals surface area contributed by atoms with Crippen LogP contribution < -0.4 is 14.8 Å². The monoisotopic (exact) mass is 414 g/mol. The van der Waals surface area contributed by atoms with Crippen molar-refractivity contribution in [1.29, 1.82) is 0 Å². The molecule has 7 heteroatoms. The van der Waals surface area contributed by atoms with Crippen molar-refractivity contribution in [3.8, 4) is 11.5 Å². The summed E-state index contributed by atoms with van der Waals surface area (Å²) < 4.78 is 10.9. The molecule has 0 unspecified atom stereocenters. The number of piperidine rings is 1. The molecule has 0 saturated carbocycles. The van der Waals surface area contributed by atoms with Crippen molar-refractivity contribution in [1.82, 2.24) is 20.2 Å². The predicted molar refractivity (Wildman–Crippen MR) is 117 cm³/mol. The lowest BCUT2D eigenvalue weighted by atomic mass is 9.88. The van der Waals surface area contributed by atoms with Gasteiger partial charge in [-0.05, 0) is 64.5 Å². The third-order valence-corrected chi connectivity index (χ3v) is 6.35. The third kappa shape index (κ3) is 4.26. The average Bonchev–Trinajstić information content (AvgIpc) is 3.16. The average molecular weight is 415 g/mol. The number of aromatic nitrogens is 2. The highest BCUT2D eigenvalue weighted by Gasteiger charge is 2.41. The summed E-state index contributed by atoms with van der Waals surface area (Å²) in [5, 5.41) is 3.10. The predicted octanol–water partition coefficient (Wildman–Crippen LogP) is 3.28. The van der Waals surface area contributed by atoms with E-state index in [2.05, 4.69) is 15.2 Å². The Hall–Kier alpha value is -2.28. The maximum atomic E-state index is 12.4. The minimum Gasteiger partial charge on any atom is -0.493 e. The van der Waals surface area contributed by atoms with Gasteiger partial charge >= 0.3 is 0 Å². The Morgan fingerprint density at radius 1 is 1.20 bits per heavy atom. The van der Waals surface area contributed by atoms with Crippen LogP contribution >= 0.6 is 0 Å². The van der Waals surface area contributed by atoms with Crippen molar-refractivity contribution in [2.45, 2.75) is 70.5 Å². The van der Waals surface area contributed by atoms with Gasteiger partial charge in [0, 0.05) is 24.0 Å². The number of hydrogen-bond donors (Lipinski definition) is 2. The number of hydrogen-bond acceptors (Lipinski definition) is 5. The van der Waals surface area contributed by atoms with Crippen molar-refractivity contribution < 1.29 is 14.3 Å². The number of carbonyl (C=O) groups is 1. The Labute approximate surface area is 178 Å². The summed E-state index contributed by atoms with van der Waals surface area (Å²) in [6.45, 7) is 6.61. The van der Waals surface area contributed by atoms with Crippen LogP contribution in [0, 0.1) is 5.92 Å². The molecule has 2 saturated heterocycles. The van der Waals surface area contributed by atoms with E-state index >= 15 is 0 Å². The largest absolute Gasteiger partial charge is 0.493 e. The molecule has 1 aromatic heterocycles. The van der Waals surface area contributed by atoms with Gasteiger partial charge in [-0.2, -0.15) is 0 Å². The van der Waals surface area contributed by atoms with E-state index in [1.807, 2.05) is 32.9 Å². The number of methoxy groups -OCH3 is 2. The van der Waals surface area contributed by atoms with Crippen LogP contribution in [-0.4, -0.2) is 59.2 Å². The molecule has 2 bridgehead atoms. The number of imidazole rings is 1. The molecule has 2 aliphatic heterocycles. The first kappa shape index (κ1) is 21.0. The summed E-state index contributed by atoms with van der Waals surface area (Å²) in [5.74, 6) is 3.09. The van der Waals surface area contributed by atoms with Gasteiger partial charge in [-0.25, -0.2) is 4.98 Å². The summed E-state index contributed by atoms with van der Waals surface area (Å²) in [5.41, 5.74) is 1.62. The SMILES string of the molecule is COc1ccc2[nH]c(C[C@H]3C[C@H]4CC[C@@H](C3)N4CC(=O)NC(C)(C)C)nc2c1OC. The maximum Gasteiger partial charge on any atom is 0.234 e. The van der Waals surface area contributed by atoms with Crippen molar-refractivity contribution >= 4 is 16.9 Å². The number of aromatic amines is 1. The molecule has 7 nitrogen and oxygen atoms in total. The third-order valence-electron chi connectivity index (χ3n) is 6.35. The summed E-state index contributed by atoms with van der Waals surface area (Å²) >= 11 is 0. The maximum absolute atomic E-state index is 12.4. The van der Waals surface area contributed by atoms with E-state index < -0.39 is 0 Å². The molecule has 1 aromatic carbocycles. The summed E-state index contributed by atoms with van der Waals surface area (Å²) in [6, 6.07) is 4.90. The molecule has 2 aliphatic rings. The lowest BCUT2D eigenvalue weighted by Crippen LogP contribution is -2.51. The van der Waals surface area contributed by atoms with Gasteiger partial charge in [-0.15, -0.1) is 0 Å². The van der Waals surface area contributed by atoms with Gasteiger partial charge < -0.3 is 19.8 Å². The Morgan fingerprint density at radius 3 is 2.50 bits per heavy atom. The Bertz CT molecular complexity index is 903. The van der Waals surface area contributed by atoms with Crippen LogP contribution in [0.15, 0.2) is 12.1 Å². The molecule has 2 aromatic rings. The first-order chi connectivity index (χ1) is 14.3. The van der Waals surface area contributed by atoms with Crippen LogP contribution in [0.2, 0.25) is 0 Å². The minimum atomic E-state index is -0.181. The van der Waals surface area contributed by atoms with Gasteiger partial charge in [0.2, 0.25) is 5.91 Å². The van der Waals surface area contributed by atoms with Crippen molar-refractivity contribution in [3.63, 3.8) is 0 Å². The topological polar surface area (TPSA) is 79.5 Å². The number of carbonyl (C=O) groups excluding carboxylic acids is 1. The van der Waals surface area contributed by atoms with E-state index in [1.54, 1.807) is 14.2 Å². The summed E-state index contributed by atoms with van der Waals surface area (Å²) in [4.78, 5) is 23.2. The number of nitrogens with one attached hydrogen (secondary N) is 2. The van der Waals surface area contributed by atoms with Crippen LogP contribution in [0.4, 0.5) is 0 Å². The first-order valence-electron chi connectivity index (χ1n) is 10.9. The highest BCUT2D eigenvalue weighted by atomic mass is 16.5. The van der Waals surface area contributed by atoms with Crippen molar-refractivity contribution in [2.75, 3.05) is 20.8 Å². The lowest BCUT2D eigenvalue weighted by molar-refractivity contribution is -0.125. The summed E-state index contributed by atoms with van der Waals surface area (Å²) in [6.07, 6.45) is 5.55. The molecule has 0 radical (unpaired) electrons. The van der Waals surface area contributed by atoms with E-state index in [9.17, 15) is 4.79 Å². The molecule has 164 valence electrons. The number of nitrogens with zero attached hydrogens (tertiary/aromatic N) is 2. The first-order valence-corrected chi connectivity index (χ1v) is 10.9. The highest BCUT2D eigenvalue weighted by Crippen LogP contribution is 2.40. The quantitative estimate of drug-likeness (QED) is 0.758. The molecule has 2 N–H and O–H groups in total. The second kappa shape index (κ2) is 8.10. The van der Waals surface area contributed by atoms with Gasteiger partial charge in [-0.1, -0.05) is 0 Å². The number of ether oxygens (including phenoxy) is 2. The van der Waals surface area contributed by atoms with E-state index in [4.69, 9.17) is 14.5 Å². The minimum absolute atomic E-state index is 0.135. The second-order valence-corrected chi connectivity index (χ2v) is 9.78. The van der Waals surface area contributed by atoms with Gasteiger partial charge in [0.25, 0.3) is 0 Å². The van der Waals surface area contributed by atoms with Gasteiger partial charge in [0.15, 0.2) is 11.5 Å². The molecule has 3 heterocycles. The van der Waals surface area contributed by atoms with Crippen LogP contribution in [-0.2, 0) is 11.2 Å². The molecule has 3 atom stereocenters. The Kier molecular flexibility index (Phi) is 5.66. The normalized spacial score (nSPS) is 24.2. The zero-order valence-corrected chi connectivity index (χ0v) is 18.7. The molecular weight excluding hydrogens is 380 g/mol. The standard InChI is InChI=1S/C23H34N4O3/c1-23(2,3)26-20(28)13-27-15-6-7-16(27)11-14(10-15)12-19-24-17-8-9-18(29-4)22(30-5)21(17)25-19/h8-9,14-16H,6-7,10-13H2,1-5H3,(H,24,25)(H,26,28)/t14-,15+,16-. The van der Waals surface area contributed by atoms with E-state index in [0.29, 0.717) is 36.0 Å². The summed E-state index contributed by atoms with van der Waals surface area (Å²) in [7, 11) is 3.29. The molecule has 4 rings (SSSR count). The zero-order valence-electron chi connectivity index (χ0n) is 18.7. The van der Waals surface area contributed by atoms with Crippen LogP contribution in [0.3, 0.4) is 0 Å². The number of H-pyrrole nitrogens is 1. The van der Waals surface area contributed by atoms with Gasteiger partial charge in [0.05, 0.1) is 26.3 Å². The number of amides is 1. The molecule has 30 heavy (non-hydrogen) atoms. The van der Waals surface area contributed by atoms with E-state index in [1.165, 1.54) is 12.8 Å². The fraction of sp³-hybridized carbons (Fsp3) is 0.652. The van der Waals surface area contributed by atoms with Crippen LogP contribution in [0.5, 0.6) is 11.5 Å². The smallest absolute Gasteiger partial charge is 0.234 e. The van der Waals surface area contributed by atoms with Gasteiger partial charge in [0.1, 0.15) is 11.3 Å². The Balaban J connectivity index is 1.42. The van der Waals surface area contributed by atoms with Crippen molar-refractivity contribution in [2.24, 2.45) is 5.92 Å². The zero-order chi connectivity index (χ0) is 21.5. The fourth-order valence-electron chi connectivity index (χ4n) is 5.25. The van der Waals surface area contributed by atoms with E-state index in [0.717, 1.165) is 36.1 Å². The Morgan fingerprint density at radius 2 is 1.90 bits per heavy atom. The van der Waals surface area contributed by atoms with E-state index in [-0.39, 0.29) is 11.4 Å². The second-order valence-electron chi connectivity index (χ2n) is 9.78. The molecule has 0 aliphatic carbocycles. The molecular formula is C23H34N4O3. The highest BCUT2D eigenvalue weighted by molar-refractivity contribution is 5.85. The molecule has 0 spiro atoms. The van der Waals surface area contributed by atoms with Crippen LogP contribution in [0.25, 0.3) is 11.0 Å². The molecule has 2 fully saturated rings. The van der Waals surface area contributed by atoms with Gasteiger partial charge in [-0.3, -0.25) is 9.69 Å². The number of benzene rings is 1.